The molecule has 1 aliphatic rings. The summed E-state index contributed by atoms with van der Waals surface area (Å²) in [6.45, 7) is 4.88. The molecule has 1 aliphatic heterocycles. The summed E-state index contributed by atoms with van der Waals surface area (Å²) < 4.78 is 27.5. The summed E-state index contributed by atoms with van der Waals surface area (Å²) >= 11 is 0. The summed E-state index contributed by atoms with van der Waals surface area (Å²) in [6, 6.07) is 5.10. The normalized spacial score (nSPS) is 16.8. The summed E-state index contributed by atoms with van der Waals surface area (Å²) in [5.74, 6) is -0.0885. The van der Waals surface area contributed by atoms with E-state index in [1.165, 1.54) is 0 Å². The zero-order valence-corrected chi connectivity index (χ0v) is 14.8. The predicted molar refractivity (Wildman–Crippen MR) is 91.9 cm³/mol. The predicted octanol–water partition coefficient (Wildman–Crippen LogP) is 3.30. The van der Waals surface area contributed by atoms with Gasteiger partial charge in [-0.15, -0.1) is 0 Å². The van der Waals surface area contributed by atoms with E-state index in [0.29, 0.717) is 35.7 Å². The van der Waals surface area contributed by atoms with Crippen LogP contribution in [0.3, 0.4) is 0 Å². The minimum absolute atomic E-state index is 0.0885. The molecule has 1 saturated heterocycles. The summed E-state index contributed by atoms with van der Waals surface area (Å²) in [7, 11) is -3.50. The van der Waals surface area contributed by atoms with Crippen LogP contribution in [0.2, 0.25) is 0 Å². The van der Waals surface area contributed by atoms with E-state index in [-0.39, 0.29) is 5.91 Å². The second-order valence-corrected chi connectivity index (χ2v) is 8.00. The Balaban J connectivity index is 2.27. The van der Waals surface area contributed by atoms with Crippen molar-refractivity contribution in [2.24, 2.45) is 0 Å². The Labute approximate surface area is 139 Å². The Morgan fingerprint density at radius 2 is 1.83 bits per heavy atom. The highest BCUT2D eigenvalue weighted by Gasteiger charge is 2.27. The summed E-state index contributed by atoms with van der Waals surface area (Å²) in [5.41, 5.74) is 1.25. The van der Waals surface area contributed by atoms with Crippen LogP contribution in [0.5, 0.6) is 0 Å². The SMILES string of the molecule is CCCC(=O)Nc1ccc(C)c(S(=O)(=O)N2CCCCCC2)c1. The first-order valence-corrected chi connectivity index (χ1v) is 9.80. The molecule has 0 radical (unpaired) electrons. The molecular weight excluding hydrogens is 312 g/mol. The van der Waals surface area contributed by atoms with Gasteiger partial charge in [0.05, 0.1) is 4.90 Å². The molecule has 1 aromatic rings. The maximum Gasteiger partial charge on any atom is 0.243 e. The molecule has 1 N–H and O–H groups in total. The monoisotopic (exact) mass is 338 g/mol. The molecule has 1 heterocycles. The van der Waals surface area contributed by atoms with Crippen molar-refractivity contribution in [3.63, 3.8) is 0 Å². The van der Waals surface area contributed by atoms with E-state index in [1.807, 2.05) is 6.92 Å². The maximum absolute atomic E-state index is 12.9. The van der Waals surface area contributed by atoms with Crippen molar-refractivity contribution < 1.29 is 13.2 Å². The summed E-state index contributed by atoms with van der Waals surface area (Å²) in [6.07, 6.45) is 5.17. The number of benzene rings is 1. The molecule has 128 valence electrons. The van der Waals surface area contributed by atoms with Gasteiger partial charge in [0, 0.05) is 25.2 Å². The lowest BCUT2D eigenvalue weighted by atomic mass is 10.2. The van der Waals surface area contributed by atoms with Crippen LogP contribution in [-0.2, 0) is 14.8 Å². The molecule has 1 aromatic carbocycles. The third kappa shape index (κ3) is 4.54. The van der Waals surface area contributed by atoms with Crippen molar-refractivity contribution in [1.82, 2.24) is 4.31 Å². The van der Waals surface area contributed by atoms with Crippen molar-refractivity contribution in [1.29, 1.82) is 0 Å². The highest BCUT2D eigenvalue weighted by Crippen LogP contribution is 2.25. The van der Waals surface area contributed by atoms with Crippen LogP contribution in [0.1, 0.15) is 51.0 Å². The molecule has 0 unspecified atom stereocenters. The lowest BCUT2D eigenvalue weighted by Gasteiger charge is -2.21. The first kappa shape index (κ1) is 17.9. The zero-order valence-electron chi connectivity index (χ0n) is 14.0. The van der Waals surface area contributed by atoms with E-state index < -0.39 is 10.0 Å². The van der Waals surface area contributed by atoms with Crippen molar-refractivity contribution >= 4 is 21.6 Å². The fraction of sp³-hybridized carbons (Fsp3) is 0.588. The van der Waals surface area contributed by atoms with Crippen molar-refractivity contribution in [3.8, 4) is 0 Å². The van der Waals surface area contributed by atoms with Gasteiger partial charge in [0.1, 0.15) is 0 Å². The van der Waals surface area contributed by atoms with Crippen LogP contribution in [0.4, 0.5) is 5.69 Å². The van der Waals surface area contributed by atoms with Crippen LogP contribution in [0.15, 0.2) is 23.1 Å². The molecule has 1 fully saturated rings. The third-order valence-electron chi connectivity index (χ3n) is 4.13. The van der Waals surface area contributed by atoms with Crippen molar-refractivity contribution in [2.45, 2.75) is 57.3 Å². The number of nitrogens with one attached hydrogen (secondary N) is 1. The van der Waals surface area contributed by atoms with Crippen molar-refractivity contribution in [3.05, 3.63) is 23.8 Å². The quantitative estimate of drug-likeness (QED) is 0.896. The highest BCUT2D eigenvalue weighted by molar-refractivity contribution is 7.89. The first-order chi connectivity index (χ1) is 10.9. The number of aryl methyl sites for hydroxylation is 1. The van der Waals surface area contributed by atoms with Crippen LogP contribution < -0.4 is 5.32 Å². The Kier molecular flexibility index (Phi) is 6.18. The average molecular weight is 338 g/mol. The Bertz CT molecular complexity index is 648. The first-order valence-electron chi connectivity index (χ1n) is 8.36. The van der Waals surface area contributed by atoms with Gasteiger partial charge in [-0.3, -0.25) is 4.79 Å². The van der Waals surface area contributed by atoms with Gasteiger partial charge >= 0.3 is 0 Å². The zero-order chi connectivity index (χ0) is 16.9. The number of hydrogen-bond acceptors (Lipinski definition) is 3. The Hall–Kier alpha value is -1.40. The number of sulfonamides is 1. The number of carbonyl (C=O) groups is 1. The molecule has 0 aliphatic carbocycles. The highest BCUT2D eigenvalue weighted by atomic mass is 32.2. The number of anilines is 1. The third-order valence-corrected chi connectivity index (χ3v) is 6.17. The number of carbonyl (C=O) groups excluding carboxylic acids is 1. The largest absolute Gasteiger partial charge is 0.326 e. The van der Waals surface area contributed by atoms with Crippen LogP contribution >= 0.6 is 0 Å². The van der Waals surface area contributed by atoms with E-state index in [4.69, 9.17) is 0 Å². The minimum Gasteiger partial charge on any atom is -0.326 e. The lowest BCUT2D eigenvalue weighted by Crippen LogP contribution is -2.32. The smallest absolute Gasteiger partial charge is 0.243 e. The van der Waals surface area contributed by atoms with Crippen LogP contribution in [-0.4, -0.2) is 31.7 Å². The van der Waals surface area contributed by atoms with Gasteiger partial charge in [0.25, 0.3) is 0 Å². The van der Waals surface area contributed by atoms with E-state index in [1.54, 1.807) is 29.4 Å². The van der Waals surface area contributed by atoms with Gasteiger partial charge in [-0.1, -0.05) is 25.8 Å². The second kappa shape index (κ2) is 7.93. The molecular formula is C17H26N2O3S. The van der Waals surface area contributed by atoms with E-state index in [9.17, 15) is 13.2 Å². The van der Waals surface area contributed by atoms with Gasteiger partial charge in [0.2, 0.25) is 15.9 Å². The molecule has 0 bridgehead atoms. The number of hydrogen-bond donors (Lipinski definition) is 1. The van der Waals surface area contributed by atoms with Crippen LogP contribution in [0.25, 0.3) is 0 Å². The van der Waals surface area contributed by atoms with Crippen LogP contribution in [0, 0.1) is 6.92 Å². The van der Waals surface area contributed by atoms with E-state index >= 15 is 0 Å². The van der Waals surface area contributed by atoms with Gasteiger partial charge < -0.3 is 5.32 Å². The van der Waals surface area contributed by atoms with Gasteiger partial charge in [-0.2, -0.15) is 4.31 Å². The molecule has 2 rings (SSSR count). The molecule has 1 amide bonds. The average Bonchev–Trinajstić information content (AvgIpc) is 2.79. The molecule has 0 spiro atoms. The molecule has 0 saturated carbocycles. The Morgan fingerprint density at radius 1 is 1.17 bits per heavy atom. The summed E-state index contributed by atoms with van der Waals surface area (Å²) in [4.78, 5) is 12.0. The summed E-state index contributed by atoms with van der Waals surface area (Å²) in [5, 5.41) is 2.78. The van der Waals surface area contributed by atoms with Gasteiger partial charge in [-0.25, -0.2) is 8.42 Å². The maximum atomic E-state index is 12.9. The van der Waals surface area contributed by atoms with E-state index in [0.717, 1.165) is 32.1 Å². The van der Waals surface area contributed by atoms with Gasteiger partial charge in [-0.05, 0) is 43.9 Å². The molecule has 0 aromatic heterocycles. The fourth-order valence-electron chi connectivity index (χ4n) is 2.83. The fourth-order valence-corrected chi connectivity index (χ4v) is 4.60. The number of nitrogens with zero attached hydrogens (tertiary/aromatic N) is 1. The standard InChI is InChI=1S/C17H26N2O3S/c1-3-8-17(20)18-15-10-9-14(2)16(13-15)23(21,22)19-11-6-4-5-7-12-19/h9-10,13H,3-8,11-12H2,1-2H3,(H,18,20). The Morgan fingerprint density at radius 3 is 2.43 bits per heavy atom. The van der Waals surface area contributed by atoms with Crippen molar-refractivity contribution in [2.75, 3.05) is 18.4 Å². The number of amides is 1. The van der Waals surface area contributed by atoms with Gasteiger partial charge in [0.15, 0.2) is 0 Å². The van der Waals surface area contributed by atoms with E-state index in [2.05, 4.69) is 5.32 Å². The molecule has 23 heavy (non-hydrogen) atoms. The lowest BCUT2D eigenvalue weighted by molar-refractivity contribution is -0.116. The molecule has 6 heteroatoms. The second-order valence-electron chi connectivity index (χ2n) is 6.10. The topological polar surface area (TPSA) is 66.5 Å². The molecule has 0 atom stereocenters. The number of rotatable bonds is 5. The molecule has 5 nitrogen and oxygen atoms in total. The minimum atomic E-state index is -3.50.